The van der Waals surface area contributed by atoms with Gasteiger partial charge in [0.05, 0.1) is 17.1 Å². The van der Waals surface area contributed by atoms with Gasteiger partial charge < -0.3 is 20.4 Å². The van der Waals surface area contributed by atoms with Crippen molar-refractivity contribution in [1.29, 1.82) is 0 Å². The second kappa shape index (κ2) is 7.90. The van der Waals surface area contributed by atoms with E-state index in [2.05, 4.69) is 44.4 Å². The molecule has 0 saturated carbocycles. The normalized spacial score (nSPS) is 16.0. The summed E-state index contributed by atoms with van der Waals surface area (Å²) in [5.41, 5.74) is 3.69. The number of fused-ring (bicyclic) bond motifs is 1. The summed E-state index contributed by atoms with van der Waals surface area (Å²) in [6, 6.07) is 9.67. The fourth-order valence-electron chi connectivity index (χ4n) is 4.02. The van der Waals surface area contributed by atoms with E-state index in [9.17, 15) is 4.79 Å². The zero-order chi connectivity index (χ0) is 22.3. The number of nitrogens with zero attached hydrogens (tertiary/aromatic N) is 6. The van der Waals surface area contributed by atoms with E-state index in [0.717, 1.165) is 28.6 Å². The number of carbonyl (C=O) groups excluding carboxylic acids is 1. The van der Waals surface area contributed by atoms with Crippen LogP contribution < -0.4 is 20.4 Å². The second-order valence-corrected chi connectivity index (χ2v) is 8.09. The smallest absolute Gasteiger partial charge is 0.249 e. The number of rotatable bonds is 5. The van der Waals surface area contributed by atoms with Crippen molar-refractivity contribution in [2.75, 3.05) is 27.5 Å². The molecular weight excluding hydrogens is 392 g/mol. The maximum absolute atomic E-state index is 12.6. The van der Waals surface area contributed by atoms with Gasteiger partial charge >= 0.3 is 0 Å². The van der Waals surface area contributed by atoms with E-state index in [1.54, 1.807) is 15.8 Å². The van der Waals surface area contributed by atoms with Crippen LogP contribution in [0.25, 0.3) is 0 Å². The minimum absolute atomic E-state index is 0.0921. The summed E-state index contributed by atoms with van der Waals surface area (Å²) in [5.74, 6) is 2.09. The molecule has 9 heteroatoms. The van der Waals surface area contributed by atoms with Crippen LogP contribution in [0, 0.1) is 6.92 Å². The summed E-state index contributed by atoms with van der Waals surface area (Å²) in [5, 5.41) is 10.9. The van der Waals surface area contributed by atoms with Crippen molar-refractivity contribution in [2.24, 2.45) is 7.05 Å². The summed E-state index contributed by atoms with van der Waals surface area (Å²) in [7, 11) is 3.70. The Kier molecular flexibility index (Phi) is 5.26. The Balaban J connectivity index is 1.61. The number of nitrogens with one attached hydrogen (secondary N) is 2. The molecule has 0 fully saturated rings. The van der Waals surface area contributed by atoms with Gasteiger partial charge in [-0.2, -0.15) is 10.1 Å². The summed E-state index contributed by atoms with van der Waals surface area (Å²) >= 11 is 0. The van der Waals surface area contributed by atoms with Gasteiger partial charge in [-0.15, -0.1) is 0 Å². The number of aryl methyl sites for hydroxylation is 2. The highest BCUT2D eigenvalue weighted by molar-refractivity contribution is 6.05. The monoisotopic (exact) mass is 420 g/mol. The van der Waals surface area contributed by atoms with Crippen molar-refractivity contribution in [2.45, 2.75) is 39.8 Å². The SMILES string of the molecule is Cc1cc(Nc2ccnc(Nc3ccc4c(c3)N(C(C)C)[C@H](C)C(=O)N4C)n2)n(C)n1. The first-order valence-corrected chi connectivity index (χ1v) is 10.3. The Morgan fingerprint density at radius 1 is 1.06 bits per heavy atom. The van der Waals surface area contributed by atoms with Gasteiger partial charge in [-0.1, -0.05) is 0 Å². The molecule has 0 unspecified atom stereocenters. The molecule has 1 aromatic carbocycles. The molecule has 2 aromatic heterocycles. The Morgan fingerprint density at radius 3 is 2.52 bits per heavy atom. The first-order chi connectivity index (χ1) is 14.7. The maximum atomic E-state index is 12.6. The van der Waals surface area contributed by atoms with Crippen LogP contribution >= 0.6 is 0 Å². The Labute approximate surface area is 182 Å². The largest absolute Gasteiger partial charge is 0.356 e. The summed E-state index contributed by atoms with van der Waals surface area (Å²) in [4.78, 5) is 25.4. The van der Waals surface area contributed by atoms with Crippen molar-refractivity contribution in [1.82, 2.24) is 19.7 Å². The lowest BCUT2D eigenvalue weighted by atomic mass is 10.0. The van der Waals surface area contributed by atoms with Gasteiger partial charge in [-0.3, -0.25) is 9.48 Å². The quantitative estimate of drug-likeness (QED) is 0.652. The van der Waals surface area contributed by atoms with Crippen LogP contribution in [0.4, 0.5) is 34.6 Å². The van der Waals surface area contributed by atoms with Crippen LogP contribution in [0.2, 0.25) is 0 Å². The number of benzene rings is 1. The van der Waals surface area contributed by atoms with E-state index in [4.69, 9.17) is 0 Å². The number of anilines is 6. The molecule has 31 heavy (non-hydrogen) atoms. The lowest BCUT2D eigenvalue weighted by Gasteiger charge is -2.42. The molecule has 1 aliphatic rings. The average molecular weight is 421 g/mol. The molecule has 1 atom stereocenters. The molecule has 0 radical (unpaired) electrons. The molecule has 0 saturated heterocycles. The summed E-state index contributed by atoms with van der Waals surface area (Å²) in [6.07, 6.45) is 1.70. The fourth-order valence-corrected chi connectivity index (χ4v) is 4.02. The molecule has 3 aromatic rings. The van der Waals surface area contributed by atoms with Crippen LogP contribution in [0.5, 0.6) is 0 Å². The van der Waals surface area contributed by atoms with E-state index in [0.29, 0.717) is 11.8 Å². The minimum atomic E-state index is -0.223. The van der Waals surface area contributed by atoms with Gasteiger partial charge in [0.2, 0.25) is 11.9 Å². The van der Waals surface area contributed by atoms with E-state index in [1.807, 2.05) is 58.3 Å². The van der Waals surface area contributed by atoms with Gasteiger partial charge in [0.25, 0.3) is 0 Å². The maximum Gasteiger partial charge on any atom is 0.249 e. The first kappa shape index (κ1) is 20.6. The van der Waals surface area contributed by atoms with Crippen LogP contribution in [-0.4, -0.2) is 44.8 Å². The molecule has 4 rings (SSSR count). The highest BCUT2D eigenvalue weighted by Crippen LogP contribution is 2.39. The third-order valence-electron chi connectivity index (χ3n) is 5.45. The number of likely N-dealkylation sites (N-methyl/N-ethyl adjacent to an activating group) is 1. The molecular formula is C22H28N8O. The van der Waals surface area contributed by atoms with Crippen LogP contribution in [0.15, 0.2) is 36.5 Å². The standard InChI is InChI=1S/C22H28N8O/c1-13(2)30-15(4)21(31)28(5)17-8-7-16(12-18(17)30)24-22-23-10-9-19(26-22)25-20-11-14(3)27-29(20)6/h7-13,15H,1-6H3,(H2,23,24,25,26)/t15-/m1/s1. The van der Waals surface area contributed by atoms with Crippen molar-refractivity contribution >= 4 is 40.6 Å². The summed E-state index contributed by atoms with van der Waals surface area (Å²) < 4.78 is 1.77. The van der Waals surface area contributed by atoms with Crippen molar-refractivity contribution in [3.05, 3.63) is 42.2 Å². The van der Waals surface area contributed by atoms with Gasteiger partial charge in [0.15, 0.2) is 0 Å². The number of hydrogen-bond donors (Lipinski definition) is 2. The third kappa shape index (κ3) is 3.90. The third-order valence-corrected chi connectivity index (χ3v) is 5.45. The molecule has 0 bridgehead atoms. The molecule has 1 aliphatic heterocycles. The van der Waals surface area contributed by atoms with Gasteiger partial charge in [0.1, 0.15) is 17.7 Å². The van der Waals surface area contributed by atoms with E-state index in [1.165, 1.54) is 0 Å². The number of carbonyl (C=O) groups is 1. The summed E-state index contributed by atoms with van der Waals surface area (Å²) in [6.45, 7) is 8.08. The van der Waals surface area contributed by atoms with E-state index < -0.39 is 0 Å². The molecule has 0 spiro atoms. The number of aromatic nitrogens is 4. The van der Waals surface area contributed by atoms with Crippen LogP contribution in [-0.2, 0) is 11.8 Å². The van der Waals surface area contributed by atoms with Crippen molar-refractivity contribution in [3.8, 4) is 0 Å². The predicted molar refractivity (Wildman–Crippen MR) is 123 cm³/mol. The topological polar surface area (TPSA) is 91.2 Å². The van der Waals surface area contributed by atoms with Gasteiger partial charge in [-0.25, -0.2) is 4.98 Å². The Morgan fingerprint density at radius 2 is 1.84 bits per heavy atom. The van der Waals surface area contributed by atoms with Gasteiger partial charge in [-0.05, 0) is 52.0 Å². The highest BCUT2D eigenvalue weighted by Gasteiger charge is 2.34. The lowest BCUT2D eigenvalue weighted by molar-refractivity contribution is -0.119. The molecule has 2 N–H and O–H groups in total. The molecule has 9 nitrogen and oxygen atoms in total. The lowest BCUT2D eigenvalue weighted by Crippen LogP contribution is -2.53. The Bertz CT molecular complexity index is 1120. The predicted octanol–water partition coefficient (Wildman–Crippen LogP) is 3.59. The van der Waals surface area contributed by atoms with Crippen molar-refractivity contribution < 1.29 is 4.79 Å². The fraction of sp³-hybridized carbons (Fsp3) is 0.364. The number of amides is 1. The minimum Gasteiger partial charge on any atom is -0.356 e. The van der Waals surface area contributed by atoms with Crippen LogP contribution in [0.1, 0.15) is 26.5 Å². The first-order valence-electron chi connectivity index (χ1n) is 10.3. The van der Waals surface area contributed by atoms with Gasteiger partial charge in [0, 0.05) is 38.1 Å². The molecule has 1 amide bonds. The van der Waals surface area contributed by atoms with E-state index >= 15 is 0 Å². The Hall–Kier alpha value is -3.62. The number of hydrogen-bond acceptors (Lipinski definition) is 7. The molecule has 162 valence electrons. The van der Waals surface area contributed by atoms with E-state index in [-0.39, 0.29) is 18.0 Å². The van der Waals surface area contributed by atoms with Crippen LogP contribution in [0.3, 0.4) is 0 Å². The van der Waals surface area contributed by atoms with Crippen molar-refractivity contribution in [3.63, 3.8) is 0 Å². The zero-order valence-electron chi connectivity index (χ0n) is 18.7. The zero-order valence-corrected chi connectivity index (χ0v) is 18.7. The molecule has 0 aliphatic carbocycles. The highest BCUT2D eigenvalue weighted by atomic mass is 16.2. The average Bonchev–Trinajstić information content (AvgIpc) is 3.03. The second-order valence-electron chi connectivity index (χ2n) is 8.09. The molecule has 3 heterocycles.